The lowest BCUT2D eigenvalue weighted by Crippen LogP contribution is -2.17. The summed E-state index contributed by atoms with van der Waals surface area (Å²) in [5.41, 5.74) is 0. The van der Waals surface area contributed by atoms with Crippen molar-refractivity contribution >= 4 is 0 Å². The van der Waals surface area contributed by atoms with Gasteiger partial charge in [0.05, 0.1) is 0 Å². The van der Waals surface area contributed by atoms with Crippen molar-refractivity contribution in [3.63, 3.8) is 0 Å². The average molecular weight is 182 g/mol. The molecule has 0 bridgehead atoms. The summed E-state index contributed by atoms with van der Waals surface area (Å²) in [6, 6.07) is 0. The first-order valence-electron chi connectivity index (χ1n) is 5.93. The fourth-order valence-electron chi connectivity index (χ4n) is 2.24. The first kappa shape index (κ1) is 11.0. The highest BCUT2D eigenvalue weighted by Gasteiger charge is 2.12. The van der Waals surface area contributed by atoms with Crippen molar-refractivity contribution in [3.8, 4) is 0 Å². The molecule has 1 rings (SSSR count). The molecule has 0 heterocycles. The molecule has 0 aromatic rings. The molecule has 13 heavy (non-hydrogen) atoms. The van der Waals surface area contributed by atoms with E-state index in [9.17, 15) is 0 Å². The Balaban J connectivity index is 1.86. The van der Waals surface area contributed by atoms with E-state index in [4.69, 9.17) is 0 Å². The minimum Gasteiger partial charge on any atom is -0.317 e. The zero-order valence-corrected chi connectivity index (χ0v) is 8.86. The van der Waals surface area contributed by atoms with Crippen molar-refractivity contribution in [2.75, 3.05) is 13.1 Å². The molecule has 0 atom stereocenters. The molecule has 0 spiro atoms. The van der Waals surface area contributed by atoms with Crippen LogP contribution >= 0.6 is 0 Å². The van der Waals surface area contributed by atoms with Crippen LogP contribution in [-0.2, 0) is 0 Å². The lowest BCUT2D eigenvalue weighted by atomic mass is 9.86. The normalized spacial score (nSPS) is 19.2. The maximum absolute atomic E-state index is 3.81. The maximum atomic E-state index is 3.81. The molecule has 1 heteroatoms. The van der Waals surface area contributed by atoms with E-state index in [1.54, 1.807) is 0 Å². The van der Waals surface area contributed by atoms with Gasteiger partial charge in [-0.1, -0.05) is 39.0 Å². The van der Waals surface area contributed by atoms with E-state index < -0.39 is 0 Å². The molecular formula is C12H24N. The van der Waals surface area contributed by atoms with E-state index in [0.29, 0.717) is 0 Å². The molecule has 0 saturated heterocycles. The SMILES string of the molecule is [CH2]CCNCCCC1CCCCC1. The first-order valence-corrected chi connectivity index (χ1v) is 5.93. The van der Waals surface area contributed by atoms with Crippen molar-refractivity contribution in [1.29, 1.82) is 0 Å². The van der Waals surface area contributed by atoms with E-state index in [1.807, 2.05) is 0 Å². The zero-order chi connectivity index (χ0) is 9.36. The predicted molar refractivity (Wildman–Crippen MR) is 58.7 cm³/mol. The average Bonchev–Trinajstić information content (AvgIpc) is 2.19. The summed E-state index contributed by atoms with van der Waals surface area (Å²) >= 11 is 0. The van der Waals surface area contributed by atoms with Crippen LogP contribution in [0.1, 0.15) is 51.4 Å². The van der Waals surface area contributed by atoms with Gasteiger partial charge < -0.3 is 5.32 Å². The lowest BCUT2D eigenvalue weighted by Gasteiger charge is -2.21. The van der Waals surface area contributed by atoms with E-state index >= 15 is 0 Å². The summed E-state index contributed by atoms with van der Waals surface area (Å²) in [5.74, 6) is 1.05. The molecule has 1 aliphatic carbocycles. The van der Waals surface area contributed by atoms with Gasteiger partial charge in [0.15, 0.2) is 0 Å². The molecule has 0 amide bonds. The highest BCUT2D eigenvalue weighted by Crippen LogP contribution is 2.26. The van der Waals surface area contributed by atoms with Crippen LogP contribution in [-0.4, -0.2) is 13.1 Å². The fourth-order valence-corrected chi connectivity index (χ4v) is 2.24. The first-order chi connectivity index (χ1) is 6.43. The standard InChI is InChI=1S/C12H24N/c1-2-10-13-11-6-9-12-7-4-3-5-8-12/h12-13H,1-11H2. The second-order valence-corrected chi connectivity index (χ2v) is 4.25. The van der Waals surface area contributed by atoms with Gasteiger partial charge in [0.2, 0.25) is 0 Å². The van der Waals surface area contributed by atoms with E-state index in [2.05, 4.69) is 12.2 Å². The van der Waals surface area contributed by atoms with Gasteiger partial charge in [0.1, 0.15) is 0 Å². The van der Waals surface area contributed by atoms with Gasteiger partial charge in [-0.25, -0.2) is 0 Å². The quantitative estimate of drug-likeness (QED) is 0.622. The summed E-state index contributed by atoms with van der Waals surface area (Å²) < 4.78 is 0. The molecule has 1 N–H and O–H groups in total. The van der Waals surface area contributed by atoms with Crippen LogP contribution in [0.5, 0.6) is 0 Å². The zero-order valence-electron chi connectivity index (χ0n) is 8.86. The predicted octanol–water partition coefficient (Wildman–Crippen LogP) is 3.16. The van der Waals surface area contributed by atoms with Gasteiger partial charge in [0, 0.05) is 0 Å². The molecule has 1 nitrogen and oxygen atoms in total. The molecule has 0 aliphatic heterocycles. The Morgan fingerprint density at radius 1 is 1.08 bits per heavy atom. The summed E-state index contributed by atoms with van der Waals surface area (Å²) in [6.45, 7) is 6.10. The Hall–Kier alpha value is -0.0400. The van der Waals surface area contributed by atoms with Gasteiger partial charge >= 0.3 is 0 Å². The molecule has 0 aromatic carbocycles. The third-order valence-electron chi connectivity index (χ3n) is 3.04. The Kier molecular flexibility index (Phi) is 6.26. The van der Waals surface area contributed by atoms with Gasteiger partial charge in [-0.2, -0.15) is 0 Å². The number of nitrogens with one attached hydrogen (secondary N) is 1. The Bertz CT molecular complexity index is 106. The Morgan fingerprint density at radius 2 is 1.85 bits per heavy atom. The van der Waals surface area contributed by atoms with Crippen molar-refractivity contribution in [1.82, 2.24) is 5.32 Å². The van der Waals surface area contributed by atoms with Crippen LogP contribution < -0.4 is 5.32 Å². The molecule has 0 unspecified atom stereocenters. The Morgan fingerprint density at radius 3 is 2.54 bits per heavy atom. The lowest BCUT2D eigenvalue weighted by molar-refractivity contribution is 0.330. The van der Waals surface area contributed by atoms with Crippen LogP contribution in [0.2, 0.25) is 0 Å². The monoisotopic (exact) mass is 182 g/mol. The van der Waals surface area contributed by atoms with Crippen LogP contribution in [0.15, 0.2) is 0 Å². The molecule has 77 valence electrons. The van der Waals surface area contributed by atoms with Gasteiger partial charge in [0.25, 0.3) is 0 Å². The van der Waals surface area contributed by atoms with Gasteiger partial charge in [-0.15, -0.1) is 0 Å². The smallest absolute Gasteiger partial charge is 0.00488 e. The largest absolute Gasteiger partial charge is 0.317 e. The number of rotatable bonds is 6. The summed E-state index contributed by atoms with van der Waals surface area (Å²) in [4.78, 5) is 0. The van der Waals surface area contributed by atoms with Crippen molar-refractivity contribution in [2.45, 2.75) is 51.4 Å². The third kappa shape index (κ3) is 5.30. The van der Waals surface area contributed by atoms with Crippen LogP contribution in [0.25, 0.3) is 0 Å². The topological polar surface area (TPSA) is 12.0 Å². The van der Waals surface area contributed by atoms with E-state index in [1.165, 1.54) is 51.5 Å². The highest BCUT2D eigenvalue weighted by molar-refractivity contribution is 4.66. The van der Waals surface area contributed by atoms with Gasteiger partial charge in [-0.3, -0.25) is 0 Å². The molecule has 1 saturated carbocycles. The molecule has 1 fully saturated rings. The second kappa shape index (κ2) is 7.37. The van der Waals surface area contributed by atoms with E-state index in [-0.39, 0.29) is 0 Å². The summed E-state index contributed by atoms with van der Waals surface area (Å²) in [6.07, 6.45) is 11.3. The van der Waals surface area contributed by atoms with Crippen LogP contribution in [0, 0.1) is 12.8 Å². The van der Waals surface area contributed by atoms with E-state index in [0.717, 1.165) is 18.9 Å². The molecule has 1 radical (unpaired) electrons. The Labute approximate surface area is 83.3 Å². The van der Waals surface area contributed by atoms with Crippen LogP contribution in [0.4, 0.5) is 0 Å². The minimum absolute atomic E-state index is 1.02. The maximum Gasteiger partial charge on any atom is -0.00488 e. The minimum atomic E-state index is 1.02. The summed E-state index contributed by atoms with van der Waals surface area (Å²) in [5, 5.41) is 3.41. The number of hydrogen-bond donors (Lipinski definition) is 1. The van der Waals surface area contributed by atoms with Crippen LogP contribution in [0.3, 0.4) is 0 Å². The van der Waals surface area contributed by atoms with Crippen molar-refractivity contribution < 1.29 is 0 Å². The summed E-state index contributed by atoms with van der Waals surface area (Å²) in [7, 11) is 0. The van der Waals surface area contributed by atoms with Gasteiger partial charge in [-0.05, 0) is 38.3 Å². The molecule has 1 aliphatic rings. The number of hydrogen-bond acceptors (Lipinski definition) is 1. The third-order valence-corrected chi connectivity index (χ3v) is 3.04. The van der Waals surface area contributed by atoms with Crippen molar-refractivity contribution in [2.24, 2.45) is 5.92 Å². The fraction of sp³-hybridized carbons (Fsp3) is 0.917. The second-order valence-electron chi connectivity index (χ2n) is 4.25. The molecule has 0 aromatic heterocycles. The highest BCUT2D eigenvalue weighted by atomic mass is 14.8. The molecular weight excluding hydrogens is 158 g/mol. The van der Waals surface area contributed by atoms with Crippen molar-refractivity contribution in [3.05, 3.63) is 6.92 Å².